The zero-order valence-corrected chi connectivity index (χ0v) is 12.0. The van der Waals surface area contributed by atoms with Gasteiger partial charge in [0.2, 0.25) is 0 Å². The van der Waals surface area contributed by atoms with Gasteiger partial charge in [-0.25, -0.2) is 4.68 Å². The number of nitrogens with zero attached hydrogens (tertiary/aromatic N) is 2. The van der Waals surface area contributed by atoms with E-state index in [4.69, 9.17) is 0 Å². The molecule has 16 heavy (non-hydrogen) atoms. The molecule has 0 spiro atoms. The highest BCUT2D eigenvalue weighted by atomic mass is 127. The molecule has 0 radical (unpaired) electrons. The molecule has 0 unspecified atom stereocenters. The van der Waals surface area contributed by atoms with Crippen LogP contribution in [0, 0.1) is 3.57 Å². The van der Waals surface area contributed by atoms with Crippen LogP contribution in [0.15, 0.2) is 45.8 Å². The number of aromatic nitrogens is 2. The molecule has 0 aliphatic rings. The van der Waals surface area contributed by atoms with E-state index < -0.39 is 0 Å². The molecular weight excluding hydrogens is 383 g/mol. The average Bonchev–Trinajstić information content (AvgIpc) is 2.22. The van der Waals surface area contributed by atoms with E-state index in [1.165, 1.54) is 4.68 Å². The molecular formula is C11H8BrIN2O. The Kier molecular flexibility index (Phi) is 3.75. The summed E-state index contributed by atoms with van der Waals surface area (Å²) >= 11 is 5.47. The first-order valence-electron chi connectivity index (χ1n) is 4.62. The Morgan fingerprint density at radius 2 is 2.19 bits per heavy atom. The van der Waals surface area contributed by atoms with Gasteiger partial charge < -0.3 is 0 Å². The summed E-state index contributed by atoms with van der Waals surface area (Å²) in [5, 5.41) is 4.08. The summed E-state index contributed by atoms with van der Waals surface area (Å²) in [5.74, 6) is 0. The van der Waals surface area contributed by atoms with E-state index in [0.29, 0.717) is 6.54 Å². The van der Waals surface area contributed by atoms with Gasteiger partial charge in [-0.05, 0) is 40.3 Å². The Bertz CT molecular complexity index is 568. The number of benzene rings is 1. The van der Waals surface area contributed by atoms with Gasteiger partial charge in [0.25, 0.3) is 5.56 Å². The minimum absolute atomic E-state index is 0.0770. The molecule has 1 heterocycles. The fraction of sp³-hybridized carbons (Fsp3) is 0.0909. The van der Waals surface area contributed by atoms with Gasteiger partial charge in [-0.2, -0.15) is 5.10 Å². The quantitative estimate of drug-likeness (QED) is 0.739. The van der Waals surface area contributed by atoms with Gasteiger partial charge in [0.15, 0.2) is 0 Å². The monoisotopic (exact) mass is 390 g/mol. The first kappa shape index (κ1) is 11.8. The van der Waals surface area contributed by atoms with Crippen LogP contribution in [0.25, 0.3) is 0 Å². The zero-order valence-electron chi connectivity index (χ0n) is 8.23. The fourth-order valence-corrected chi connectivity index (χ4v) is 2.18. The molecule has 1 aromatic carbocycles. The largest absolute Gasteiger partial charge is 0.268 e. The summed E-state index contributed by atoms with van der Waals surface area (Å²) in [5.41, 5.74) is 0.969. The lowest BCUT2D eigenvalue weighted by Crippen LogP contribution is -2.22. The molecule has 3 nitrogen and oxygen atoms in total. The van der Waals surface area contributed by atoms with Gasteiger partial charge in [0, 0.05) is 14.1 Å². The van der Waals surface area contributed by atoms with E-state index >= 15 is 0 Å². The molecule has 0 fully saturated rings. The topological polar surface area (TPSA) is 34.9 Å². The second-order valence-electron chi connectivity index (χ2n) is 3.30. The van der Waals surface area contributed by atoms with E-state index in [9.17, 15) is 4.79 Å². The summed E-state index contributed by atoms with van der Waals surface area (Å²) in [6.45, 7) is 0.495. The lowest BCUT2D eigenvalue weighted by atomic mass is 10.2. The Labute approximate surface area is 115 Å². The van der Waals surface area contributed by atoms with Crippen molar-refractivity contribution in [2.75, 3.05) is 0 Å². The normalized spacial score (nSPS) is 10.4. The Morgan fingerprint density at radius 1 is 1.38 bits per heavy atom. The summed E-state index contributed by atoms with van der Waals surface area (Å²) < 4.78 is 3.31. The van der Waals surface area contributed by atoms with E-state index in [0.717, 1.165) is 13.6 Å². The minimum atomic E-state index is -0.0770. The second-order valence-corrected chi connectivity index (χ2v) is 5.46. The standard InChI is InChI=1S/C11H8BrIN2O/c12-9-3-1-2-8(4-9)7-15-11(16)5-10(13)6-14-15/h1-6H,7H2. The third-order valence-electron chi connectivity index (χ3n) is 2.06. The van der Waals surface area contributed by atoms with E-state index in [-0.39, 0.29) is 5.56 Å². The third-order valence-corrected chi connectivity index (χ3v) is 3.14. The van der Waals surface area contributed by atoms with E-state index in [1.54, 1.807) is 12.3 Å². The van der Waals surface area contributed by atoms with Crippen molar-refractivity contribution in [1.82, 2.24) is 9.78 Å². The molecule has 2 rings (SSSR count). The molecule has 0 bridgehead atoms. The van der Waals surface area contributed by atoms with E-state index in [1.807, 2.05) is 24.3 Å². The summed E-state index contributed by atoms with van der Waals surface area (Å²) in [6, 6.07) is 9.42. The molecule has 0 amide bonds. The van der Waals surface area contributed by atoms with Crippen LogP contribution in [0.5, 0.6) is 0 Å². The fourth-order valence-electron chi connectivity index (χ4n) is 1.34. The highest BCUT2D eigenvalue weighted by molar-refractivity contribution is 14.1. The van der Waals surface area contributed by atoms with Crippen LogP contribution in [0.3, 0.4) is 0 Å². The Hall–Kier alpha value is -0.690. The van der Waals surface area contributed by atoms with Crippen molar-refractivity contribution in [3.63, 3.8) is 0 Å². The smallest absolute Gasteiger partial charge is 0.268 e. The zero-order chi connectivity index (χ0) is 11.5. The van der Waals surface area contributed by atoms with Gasteiger partial charge in [0.1, 0.15) is 0 Å². The predicted molar refractivity (Wildman–Crippen MR) is 74.5 cm³/mol. The predicted octanol–water partition coefficient (Wildman–Crippen LogP) is 2.66. The molecule has 0 saturated heterocycles. The van der Waals surface area contributed by atoms with Crippen LogP contribution in [0.2, 0.25) is 0 Å². The summed E-state index contributed by atoms with van der Waals surface area (Å²) in [7, 11) is 0. The lowest BCUT2D eigenvalue weighted by Gasteiger charge is -2.04. The molecule has 82 valence electrons. The third kappa shape index (κ3) is 2.91. The van der Waals surface area contributed by atoms with Crippen molar-refractivity contribution in [2.24, 2.45) is 0 Å². The van der Waals surface area contributed by atoms with Crippen LogP contribution in [0.4, 0.5) is 0 Å². The van der Waals surface area contributed by atoms with Crippen LogP contribution in [-0.2, 0) is 6.54 Å². The lowest BCUT2D eigenvalue weighted by molar-refractivity contribution is 0.636. The molecule has 0 aliphatic carbocycles. The Balaban J connectivity index is 2.31. The van der Waals surface area contributed by atoms with Crippen LogP contribution in [0.1, 0.15) is 5.56 Å². The molecule has 5 heteroatoms. The SMILES string of the molecule is O=c1cc(I)cnn1Cc1cccc(Br)c1. The van der Waals surface area contributed by atoms with Crippen molar-refractivity contribution in [3.8, 4) is 0 Å². The first-order chi connectivity index (χ1) is 7.65. The van der Waals surface area contributed by atoms with Gasteiger partial charge in [-0.15, -0.1) is 0 Å². The highest BCUT2D eigenvalue weighted by Crippen LogP contribution is 2.11. The van der Waals surface area contributed by atoms with Gasteiger partial charge >= 0.3 is 0 Å². The molecule has 0 N–H and O–H groups in total. The van der Waals surface area contributed by atoms with Crippen molar-refractivity contribution in [3.05, 3.63) is 60.5 Å². The Morgan fingerprint density at radius 3 is 2.88 bits per heavy atom. The van der Waals surface area contributed by atoms with Gasteiger partial charge in [-0.3, -0.25) is 4.79 Å². The van der Waals surface area contributed by atoms with Crippen LogP contribution in [-0.4, -0.2) is 9.78 Å². The molecule has 0 saturated carbocycles. The van der Waals surface area contributed by atoms with Gasteiger partial charge in [0.05, 0.1) is 12.7 Å². The number of halogens is 2. The van der Waals surface area contributed by atoms with Crippen LogP contribution < -0.4 is 5.56 Å². The number of rotatable bonds is 2. The molecule has 1 aromatic heterocycles. The number of hydrogen-bond donors (Lipinski definition) is 0. The second kappa shape index (κ2) is 5.09. The highest BCUT2D eigenvalue weighted by Gasteiger charge is 2.00. The first-order valence-corrected chi connectivity index (χ1v) is 6.49. The summed E-state index contributed by atoms with van der Waals surface area (Å²) in [6.07, 6.45) is 1.68. The maximum absolute atomic E-state index is 11.6. The average molecular weight is 391 g/mol. The molecule has 2 aromatic rings. The van der Waals surface area contributed by atoms with Crippen molar-refractivity contribution < 1.29 is 0 Å². The van der Waals surface area contributed by atoms with Gasteiger partial charge in [-0.1, -0.05) is 28.1 Å². The maximum Gasteiger partial charge on any atom is 0.268 e. The molecule has 0 aliphatic heterocycles. The maximum atomic E-state index is 11.6. The van der Waals surface area contributed by atoms with E-state index in [2.05, 4.69) is 43.6 Å². The van der Waals surface area contributed by atoms with Crippen molar-refractivity contribution in [2.45, 2.75) is 6.54 Å². The number of hydrogen-bond acceptors (Lipinski definition) is 2. The van der Waals surface area contributed by atoms with Crippen LogP contribution >= 0.6 is 38.5 Å². The minimum Gasteiger partial charge on any atom is -0.268 e. The van der Waals surface area contributed by atoms with Crippen molar-refractivity contribution >= 4 is 38.5 Å². The summed E-state index contributed by atoms with van der Waals surface area (Å²) in [4.78, 5) is 11.6. The van der Waals surface area contributed by atoms with Crippen molar-refractivity contribution in [1.29, 1.82) is 0 Å². The molecule has 0 atom stereocenters.